The number of hydrogen-bond acceptors (Lipinski definition) is 2. The molecule has 0 aliphatic carbocycles. The van der Waals surface area contributed by atoms with Gasteiger partial charge in [0.2, 0.25) is 0 Å². The van der Waals surface area contributed by atoms with Crippen molar-refractivity contribution in [1.82, 2.24) is 10.6 Å². The molecule has 76 valence electrons. The molecule has 2 heterocycles. The van der Waals surface area contributed by atoms with Crippen molar-refractivity contribution in [2.24, 2.45) is 5.92 Å². The molecule has 2 nitrogen and oxygen atoms in total. The molecule has 0 radical (unpaired) electrons. The Morgan fingerprint density at radius 3 is 2.46 bits per heavy atom. The Kier molecular flexibility index (Phi) is 2.89. The number of hydrogen-bond donors (Lipinski definition) is 2. The summed E-state index contributed by atoms with van der Waals surface area (Å²) in [7, 11) is 0. The van der Waals surface area contributed by atoms with E-state index in [1.165, 1.54) is 51.7 Å². The Morgan fingerprint density at radius 1 is 1.08 bits per heavy atom. The van der Waals surface area contributed by atoms with Gasteiger partial charge in [-0.2, -0.15) is 0 Å². The summed E-state index contributed by atoms with van der Waals surface area (Å²) in [5, 5.41) is 7.18. The van der Waals surface area contributed by atoms with Crippen molar-refractivity contribution >= 4 is 0 Å². The van der Waals surface area contributed by atoms with E-state index in [1.54, 1.807) is 0 Å². The van der Waals surface area contributed by atoms with E-state index in [9.17, 15) is 0 Å². The maximum Gasteiger partial charge on any atom is 0.0182 e. The van der Waals surface area contributed by atoms with Gasteiger partial charge in [-0.1, -0.05) is 6.42 Å². The second kappa shape index (κ2) is 3.97. The van der Waals surface area contributed by atoms with Crippen LogP contribution >= 0.6 is 0 Å². The van der Waals surface area contributed by atoms with Gasteiger partial charge < -0.3 is 10.6 Å². The SMILES string of the molecule is CC1(C2CCNCC2)CCCCN1. The monoisotopic (exact) mass is 182 g/mol. The largest absolute Gasteiger partial charge is 0.317 e. The van der Waals surface area contributed by atoms with Gasteiger partial charge in [-0.15, -0.1) is 0 Å². The quantitative estimate of drug-likeness (QED) is 0.642. The molecule has 0 aromatic rings. The molecular weight excluding hydrogens is 160 g/mol. The van der Waals surface area contributed by atoms with Gasteiger partial charge in [-0.05, 0) is 58.2 Å². The smallest absolute Gasteiger partial charge is 0.0182 e. The van der Waals surface area contributed by atoms with Crippen LogP contribution in [0, 0.1) is 5.92 Å². The summed E-state index contributed by atoms with van der Waals surface area (Å²) in [5.74, 6) is 0.911. The first kappa shape index (κ1) is 9.47. The summed E-state index contributed by atoms with van der Waals surface area (Å²) in [6.45, 7) is 6.12. The molecular formula is C11H22N2. The molecule has 0 saturated carbocycles. The van der Waals surface area contributed by atoms with Crippen LogP contribution in [0.2, 0.25) is 0 Å². The minimum atomic E-state index is 0.459. The number of piperidine rings is 2. The van der Waals surface area contributed by atoms with Crippen molar-refractivity contribution in [3.63, 3.8) is 0 Å². The van der Waals surface area contributed by atoms with E-state index in [0.29, 0.717) is 5.54 Å². The van der Waals surface area contributed by atoms with Crippen LogP contribution in [0.3, 0.4) is 0 Å². The highest BCUT2D eigenvalue weighted by Crippen LogP contribution is 2.32. The lowest BCUT2D eigenvalue weighted by molar-refractivity contribution is 0.149. The summed E-state index contributed by atoms with van der Waals surface area (Å²) in [4.78, 5) is 0. The average molecular weight is 182 g/mol. The maximum atomic E-state index is 3.74. The highest BCUT2D eigenvalue weighted by Gasteiger charge is 2.35. The van der Waals surface area contributed by atoms with Crippen molar-refractivity contribution in [2.45, 2.75) is 44.6 Å². The molecule has 0 aromatic carbocycles. The van der Waals surface area contributed by atoms with Crippen molar-refractivity contribution in [1.29, 1.82) is 0 Å². The van der Waals surface area contributed by atoms with Crippen molar-refractivity contribution in [3.05, 3.63) is 0 Å². The van der Waals surface area contributed by atoms with Crippen LogP contribution in [0.4, 0.5) is 0 Å². The van der Waals surface area contributed by atoms with Crippen LogP contribution in [0.15, 0.2) is 0 Å². The van der Waals surface area contributed by atoms with Gasteiger partial charge in [0, 0.05) is 5.54 Å². The molecule has 13 heavy (non-hydrogen) atoms. The van der Waals surface area contributed by atoms with Crippen LogP contribution in [-0.2, 0) is 0 Å². The van der Waals surface area contributed by atoms with Gasteiger partial charge >= 0.3 is 0 Å². The minimum absolute atomic E-state index is 0.459. The van der Waals surface area contributed by atoms with E-state index in [4.69, 9.17) is 0 Å². The lowest BCUT2D eigenvalue weighted by Gasteiger charge is -2.43. The van der Waals surface area contributed by atoms with E-state index < -0.39 is 0 Å². The molecule has 0 bridgehead atoms. The summed E-state index contributed by atoms with van der Waals surface area (Å²) in [6.07, 6.45) is 6.92. The highest BCUT2D eigenvalue weighted by atomic mass is 15.0. The van der Waals surface area contributed by atoms with Gasteiger partial charge in [0.1, 0.15) is 0 Å². The van der Waals surface area contributed by atoms with Crippen LogP contribution < -0.4 is 10.6 Å². The third-order valence-corrected chi connectivity index (χ3v) is 3.89. The Bertz CT molecular complexity index is 155. The van der Waals surface area contributed by atoms with E-state index in [2.05, 4.69) is 17.6 Å². The average Bonchev–Trinajstić information content (AvgIpc) is 2.20. The molecule has 2 heteroatoms. The predicted molar refractivity (Wildman–Crippen MR) is 55.9 cm³/mol. The Labute approximate surface area is 81.5 Å². The van der Waals surface area contributed by atoms with E-state index in [-0.39, 0.29) is 0 Å². The molecule has 2 N–H and O–H groups in total. The second-order valence-corrected chi connectivity index (χ2v) is 4.83. The molecule has 2 fully saturated rings. The van der Waals surface area contributed by atoms with Crippen LogP contribution in [0.5, 0.6) is 0 Å². The zero-order valence-corrected chi connectivity index (χ0v) is 8.73. The maximum absolute atomic E-state index is 3.74. The zero-order chi connectivity index (χ0) is 9.15. The third-order valence-electron chi connectivity index (χ3n) is 3.89. The lowest BCUT2D eigenvalue weighted by Crippen LogP contribution is -2.54. The third kappa shape index (κ3) is 2.05. The molecule has 1 atom stereocenters. The van der Waals surface area contributed by atoms with Gasteiger partial charge in [0.05, 0.1) is 0 Å². The summed E-state index contributed by atoms with van der Waals surface area (Å²) < 4.78 is 0. The van der Waals surface area contributed by atoms with Gasteiger partial charge in [-0.3, -0.25) is 0 Å². The van der Waals surface area contributed by atoms with Crippen molar-refractivity contribution < 1.29 is 0 Å². The molecule has 2 aliphatic rings. The fourth-order valence-electron chi connectivity index (χ4n) is 2.89. The second-order valence-electron chi connectivity index (χ2n) is 4.83. The first-order chi connectivity index (χ1) is 6.31. The Balaban J connectivity index is 1.94. The Morgan fingerprint density at radius 2 is 1.85 bits per heavy atom. The summed E-state index contributed by atoms with van der Waals surface area (Å²) >= 11 is 0. The highest BCUT2D eigenvalue weighted by molar-refractivity contribution is 4.94. The topological polar surface area (TPSA) is 24.1 Å². The molecule has 0 aromatic heterocycles. The molecule has 1 unspecified atom stereocenters. The van der Waals surface area contributed by atoms with E-state index in [0.717, 1.165) is 5.92 Å². The first-order valence-electron chi connectivity index (χ1n) is 5.77. The molecule has 0 spiro atoms. The molecule has 2 saturated heterocycles. The fourth-order valence-corrected chi connectivity index (χ4v) is 2.89. The van der Waals surface area contributed by atoms with E-state index in [1.807, 2.05) is 0 Å². The lowest BCUT2D eigenvalue weighted by atomic mass is 9.75. The normalized spacial score (nSPS) is 37.6. The molecule has 2 aliphatic heterocycles. The van der Waals surface area contributed by atoms with Crippen LogP contribution in [0.25, 0.3) is 0 Å². The van der Waals surface area contributed by atoms with Crippen molar-refractivity contribution in [3.8, 4) is 0 Å². The number of nitrogens with one attached hydrogen (secondary N) is 2. The van der Waals surface area contributed by atoms with Gasteiger partial charge in [-0.25, -0.2) is 0 Å². The zero-order valence-electron chi connectivity index (χ0n) is 8.73. The number of rotatable bonds is 1. The fraction of sp³-hybridized carbons (Fsp3) is 1.00. The predicted octanol–water partition coefficient (Wildman–Crippen LogP) is 1.52. The minimum Gasteiger partial charge on any atom is -0.317 e. The summed E-state index contributed by atoms with van der Waals surface area (Å²) in [6, 6.07) is 0. The van der Waals surface area contributed by atoms with Gasteiger partial charge in [0.15, 0.2) is 0 Å². The van der Waals surface area contributed by atoms with Crippen molar-refractivity contribution in [2.75, 3.05) is 19.6 Å². The summed E-state index contributed by atoms with van der Waals surface area (Å²) in [5.41, 5.74) is 0.459. The molecule has 0 amide bonds. The van der Waals surface area contributed by atoms with Crippen LogP contribution in [-0.4, -0.2) is 25.2 Å². The first-order valence-corrected chi connectivity index (χ1v) is 5.77. The van der Waals surface area contributed by atoms with E-state index >= 15 is 0 Å². The Hall–Kier alpha value is -0.0800. The van der Waals surface area contributed by atoms with Crippen LogP contribution in [0.1, 0.15) is 39.0 Å². The standard InChI is InChI=1S/C11H22N2/c1-11(6-2-3-7-13-11)10-4-8-12-9-5-10/h10,12-13H,2-9H2,1H3. The molecule has 2 rings (SSSR count). The van der Waals surface area contributed by atoms with Gasteiger partial charge in [0.25, 0.3) is 0 Å².